The summed E-state index contributed by atoms with van der Waals surface area (Å²) in [6.45, 7) is 4.55. The number of hydrogen-bond donors (Lipinski definition) is 0. The Morgan fingerprint density at radius 2 is 1.60 bits per heavy atom. The average molecular weight is 94.2 g/mol. The van der Waals surface area contributed by atoms with Gasteiger partial charge in [-0.1, -0.05) is 13.8 Å². The maximum atomic E-state index is 2.27. The fraction of sp³-hybridized carbons (Fsp3) is 1.00. The summed E-state index contributed by atoms with van der Waals surface area (Å²) in [5, 5.41) is 0. The Balaban J connectivity index is 2.19. The molecular weight excluding hydrogens is 80.1 g/mol. The van der Waals surface area contributed by atoms with Crippen molar-refractivity contribution in [2.24, 2.45) is 0 Å². The fourth-order valence-electron chi connectivity index (χ4n) is 0.354. The van der Waals surface area contributed by atoms with Crippen LogP contribution in [0.25, 0.3) is 0 Å². The molecule has 0 nitrogen and oxygen atoms in total. The van der Waals surface area contributed by atoms with Crippen molar-refractivity contribution in [3.63, 3.8) is 0 Å². The van der Waals surface area contributed by atoms with Gasteiger partial charge in [0.15, 0.2) is 0 Å². The van der Waals surface area contributed by atoms with E-state index in [-0.39, 0.29) is 0 Å². The summed E-state index contributed by atoms with van der Waals surface area (Å²) in [7, 11) is 0. The molecule has 0 aliphatic rings. The third kappa shape index (κ3) is 4.35. The molecule has 0 atom stereocenters. The van der Waals surface area contributed by atoms with E-state index in [9.17, 15) is 0 Å². The van der Waals surface area contributed by atoms with E-state index in [4.69, 9.17) is 0 Å². The molecule has 0 saturated carbocycles. The van der Waals surface area contributed by atoms with E-state index in [1.807, 2.05) is 0 Å². The zero-order valence-electron chi connectivity index (χ0n) is 4.12. The number of hydrogen-bond acceptors (Lipinski definition) is 0. The predicted octanol–water partition coefficient (Wildman–Crippen LogP) is 0.689. The van der Waals surface area contributed by atoms with Gasteiger partial charge in [0.1, 0.15) is 0 Å². The van der Waals surface area contributed by atoms with E-state index in [1.54, 1.807) is 0 Å². The van der Waals surface area contributed by atoms with E-state index in [1.165, 1.54) is 11.5 Å². The SMILES string of the molecule is CC[SH4]CC. The van der Waals surface area contributed by atoms with Gasteiger partial charge in [-0.15, -0.1) is 0 Å². The summed E-state index contributed by atoms with van der Waals surface area (Å²) in [5.41, 5.74) is 0. The quantitative estimate of drug-likeness (QED) is 0.472. The minimum atomic E-state index is 0.432. The second-order valence-electron chi connectivity index (χ2n) is 1.35. The van der Waals surface area contributed by atoms with Crippen molar-refractivity contribution in [3.8, 4) is 0 Å². The first-order chi connectivity index (χ1) is 2.41. The van der Waals surface area contributed by atoms with Crippen LogP contribution in [0.4, 0.5) is 0 Å². The van der Waals surface area contributed by atoms with Gasteiger partial charge in [0.2, 0.25) is 0 Å². The highest BCUT2D eigenvalue weighted by Crippen LogP contribution is 1.93. The summed E-state index contributed by atoms with van der Waals surface area (Å²) in [4.78, 5) is 0. The molecule has 0 aromatic rings. The molecule has 0 aliphatic carbocycles. The third-order valence-corrected chi connectivity index (χ3v) is 2.12. The van der Waals surface area contributed by atoms with Crippen LogP contribution in [0.5, 0.6) is 0 Å². The van der Waals surface area contributed by atoms with Crippen LogP contribution in [-0.4, -0.2) is 11.5 Å². The van der Waals surface area contributed by atoms with E-state index in [0.29, 0.717) is 11.8 Å². The zero-order valence-corrected chi connectivity index (χ0v) is 5.54. The smallest absolute Gasteiger partial charge is 0.0447 e. The van der Waals surface area contributed by atoms with Gasteiger partial charge in [-0.2, -0.15) is 0 Å². The highest BCUT2D eigenvalue weighted by atomic mass is 32.2. The summed E-state index contributed by atoms with van der Waals surface area (Å²) in [6.07, 6.45) is 0. The highest BCUT2D eigenvalue weighted by Gasteiger charge is 1.60. The van der Waals surface area contributed by atoms with Crippen LogP contribution in [0.1, 0.15) is 13.8 Å². The number of rotatable bonds is 2. The van der Waals surface area contributed by atoms with Gasteiger partial charge in [-0.25, -0.2) is 0 Å². The van der Waals surface area contributed by atoms with Crippen LogP contribution < -0.4 is 0 Å². The van der Waals surface area contributed by atoms with Crippen molar-refractivity contribution in [2.45, 2.75) is 13.8 Å². The van der Waals surface area contributed by atoms with Gasteiger partial charge in [0.25, 0.3) is 0 Å². The van der Waals surface area contributed by atoms with Gasteiger partial charge >= 0.3 is 0 Å². The van der Waals surface area contributed by atoms with E-state index in [2.05, 4.69) is 13.8 Å². The van der Waals surface area contributed by atoms with Crippen molar-refractivity contribution in [1.29, 1.82) is 0 Å². The average Bonchev–Trinajstić information content (AvgIpc) is 1.41. The van der Waals surface area contributed by atoms with Gasteiger partial charge in [0.05, 0.1) is 0 Å². The Bertz CT molecular complexity index is 11.1. The fourth-order valence-corrected chi connectivity index (χ4v) is 1.06. The first-order valence-electron chi connectivity index (χ1n) is 2.41. The predicted molar refractivity (Wildman–Crippen MR) is 34.3 cm³/mol. The maximum Gasteiger partial charge on any atom is -0.0447 e. The van der Waals surface area contributed by atoms with Gasteiger partial charge in [0, 0.05) is 0 Å². The first-order valence-corrected chi connectivity index (χ1v) is 4.41. The molecule has 0 spiro atoms. The van der Waals surface area contributed by atoms with E-state index in [0.717, 1.165) is 0 Å². The monoisotopic (exact) mass is 94.1 g/mol. The standard InChI is InChI=1S/C4H14S/c1-3-5-4-2/h3-4H2,1-2H3,5H4. The highest BCUT2D eigenvalue weighted by molar-refractivity contribution is 7.99. The van der Waals surface area contributed by atoms with Crippen molar-refractivity contribution in [3.05, 3.63) is 0 Å². The minimum Gasteiger partial charge on any atom is -0.310 e. The Morgan fingerprint density at radius 3 is 1.60 bits per heavy atom. The van der Waals surface area contributed by atoms with Gasteiger partial charge in [-0.05, 0) is 11.5 Å². The molecule has 0 unspecified atom stereocenters. The minimum absolute atomic E-state index is 0.432. The van der Waals surface area contributed by atoms with Crippen LogP contribution in [0.15, 0.2) is 0 Å². The second kappa shape index (κ2) is 4.35. The molecule has 5 heavy (non-hydrogen) atoms. The molecule has 0 heterocycles. The topological polar surface area (TPSA) is 0 Å². The van der Waals surface area contributed by atoms with Crippen LogP contribution in [0.3, 0.4) is 0 Å². The Labute approximate surface area is 38.0 Å². The third-order valence-electron chi connectivity index (χ3n) is 0.707. The first kappa shape index (κ1) is 5.35. The lowest BCUT2D eigenvalue weighted by Crippen LogP contribution is -1.64. The molecule has 0 saturated heterocycles. The Kier molecular flexibility index (Phi) is 4.65. The summed E-state index contributed by atoms with van der Waals surface area (Å²) < 4.78 is 0. The Hall–Kier alpha value is 0.350. The van der Waals surface area contributed by atoms with Crippen molar-refractivity contribution in [2.75, 3.05) is 11.5 Å². The normalized spacial score (nSPS) is 9.20. The van der Waals surface area contributed by atoms with Crippen LogP contribution in [0, 0.1) is 0 Å². The van der Waals surface area contributed by atoms with Crippen LogP contribution in [0.2, 0.25) is 0 Å². The van der Waals surface area contributed by atoms with Crippen LogP contribution in [-0.2, 0) is 0 Å². The molecule has 0 aromatic carbocycles. The second-order valence-corrected chi connectivity index (χ2v) is 4.06. The molecule has 0 radical (unpaired) electrons. The lowest BCUT2D eigenvalue weighted by atomic mass is 11.0. The Morgan fingerprint density at radius 1 is 1.20 bits per heavy atom. The summed E-state index contributed by atoms with van der Waals surface area (Å²) >= 11 is 0.432. The van der Waals surface area contributed by atoms with Gasteiger partial charge in [-0.3, -0.25) is 0 Å². The largest absolute Gasteiger partial charge is 0.310 e. The lowest BCUT2D eigenvalue weighted by molar-refractivity contribution is 1.46. The molecule has 36 valence electrons. The van der Waals surface area contributed by atoms with Gasteiger partial charge < -0.3 is 11.8 Å². The van der Waals surface area contributed by atoms with Crippen molar-refractivity contribution >= 4 is 11.8 Å². The summed E-state index contributed by atoms with van der Waals surface area (Å²) in [6, 6.07) is 0. The molecule has 0 aromatic heterocycles. The molecule has 1 heteroatoms. The van der Waals surface area contributed by atoms with E-state index < -0.39 is 0 Å². The van der Waals surface area contributed by atoms with Crippen molar-refractivity contribution < 1.29 is 0 Å². The lowest BCUT2D eigenvalue weighted by Gasteiger charge is -1.87. The molecule has 0 aliphatic heterocycles. The molecule has 0 fully saturated rings. The van der Waals surface area contributed by atoms with Crippen molar-refractivity contribution in [1.82, 2.24) is 0 Å². The molecule has 0 amide bonds. The molecule has 0 N–H and O–H groups in total. The molecule has 0 rings (SSSR count). The van der Waals surface area contributed by atoms with E-state index >= 15 is 0 Å². The molecule has 0 bridgehead atoms. The zero-order chi connectivity index (χ0) is 4.12. The molecular formula is C4H14S. The van der Waals surface area contributed by atoms with Crippen LogP contribution >= 0.6 is 11.8 Å². The summed E-state index contributed by atoms with van der Waals surface area (Å²) in [5.74, 6) is 2.97. The maximum absolute atomic E-state index is 2.27.